The molecule has 2 aromatic carbocycles. The van der Waals surface area contributed by atoms with Crippen LogP contribution in [0.5, 0.6) is 0 Å². The van der Waals surface area contributed by atoms with Crippen LogP contribution >= 0.6 is 15.9 Å². The second kappa shape index (κ2) is 6.57. The molecule has 1 aliphatic rings. The number of carbonyl (C=O) groups is 1. The van der Waals surface area contributed by atoms with E-state index in [1.54, 1.807) is 12.1 Å². The molecule has 1 fully saturated rings. The van der Waals surface area contributed by atoms with E-state index in [0.29, 0.717) is 13.0 Å². The van der Waals surface area contributed by atoms with E-state index in [-0.39, 0.29) is 17.6 Å². The Labute approximate surface area is 158 Å². The maximum Gasteiger partial charge on any atom is 0.269 e. The number of nitro benzene ring substituents is 1. The molecule has 0 radical (unpaired) electrons. The van der Waals surface area contributed by atoms with Crippen LogP contribution in [0.2, 0.25) is 0 Å². The summed E-state index contributed by atoms with van der Waals surface area (Å²) in [7, 11) is 0. The number of nitrogens with zero attached hydrogens (tertiary/aromatic N) is 2. The van der Waals surface area contributed by atoms with Crippen LogP contribution in [-0.2, 0) is 4.79 Å². The molecule has 0 bridgehead atoms. The molecule has 1 unspecified atom stereocenters. The first kappa shape index (κ1) is 16.8. The number of likely N-dealkylation sites (tertiary alicyclic amines) is 1. The second-order valence-corrected chi connectivity index (χ2v) is 7.29. The highest BCUT2D eigenvalue weighted by molar-refractivity contribution is 9.10. The Morgan fingerprint density at radius 1 is 1.19 bits per heavy atom. The summed E-state index contributed by atoms with van der Waals surface area (Å²) < 4.78 is 0.959. The fourth-order valence-corrected chi connectivity index (χ4v) is 3.95. The first-order valence-electron chi connectivity index (χ1n) is 8.35. The van der Waals surface area contributed by atoms with Crippen LogP contribution in [-0.4, -0.2) is 27.3 Å². The van der Waals surface area contributed by atoms with Crippen molar-refractivity contribution in [3.8, 4) is 0 Å². The summed E-state index contributed by atoms with van der Waals surface area (Å²) >= 11 is 3.51. The number of aromatic amines is 1. The van der Waals surface area contributed by atoms with Crippen LogP contribution in [0, 0.1) is 10.1 Å². The molecule has 1 aliphatic heterocycles. The number of nitrogens with one attached hydrogen (secondary N) is 1. The summed E-state index contributed by atoms with van der Waals surface area (Å²) in [5, 5.41) is 12.0. The van der Waals surface area contributed by atoms with Gasteiger partial charge in [-0.05, 0) is 42.3 Å². The lowest BCUT2D eigenvalue weighted by Crippen LogP contribution is -2.30. The van der Waals surface area contributed by atoms with Crippen molar-refractivity contribution < 1.29 is 9.72 Å². The van der Waals surface area contributed by atoms with Gasteiger partial charge >= 0.3 is 0 Å². The van der Waals surface area contributed by atoms with E-state index in [0.717, 1.165) is 32.9 Å². The summed E-state index contributed by atoms with van der Waals surface area (Å²) in [6.07, 6.45) is 3.29. The number of aromatic nitrogens is 1. The number of carbonyl (C=O) groups excluding carboxylic acids is 1. The standard InChI is InChI=1S/C19H16BrN3O3/c20-13-5-8-17-15(10-13)16(11-21-17)19(22-9-1-2-18(22)24)12-3-6-14(7-4-12)23(25)26/h3-8,10-11,19,21H,1-2,9H2. The molecule has 7 heteroatoms. The van der Waals surface area contributed by atoms with Crippen LogP contribution in [0.15, 0.2) is 53.1 Å². The van der Waals surface area contributed by atoms with E-state index >= 15 is 0 Å². The zero-order valence-corrected chi connectivity index (χ0v) is 15.4. The largest absolute Gasteiger partial charge is 0.361 e. The average molecular weight is 414 g/mol. The smallest absolute Gasteiger partial charge is 0.269 e. The van der Waals surface area contributed by atoms with Crippen molar-refractivity contribution >= 4 is 38.4 Å². The number of halogens is 1. The molecule has 1 atom stereocenters. The van der Waals surface area contributed by atoms with Crippen molar-refractivity contribution in [2.75, 3.05) is 6.54 Å². The van der Waals surface area contributed by atoms with Gasteiger partial charge in [-0.2, -0.15) is 0 Å². The Bertz CT molecular complexity index is 997. The van der Waals surface area contributed by atoms with Crippen LogP contribution < -0.4 is 0 Å². The molecule has 3 aromatic rings. The number of H-pyrrole nitrogens is 1. The van der Waals surface area contributed by atoms with Gasteiger partial charge in [-0.15, -0.1) is 0 Å². The number of nitro groups is 1. The molecule has 1 N–H and O–H groups in total. The highest BCUT2D eigenvalue weighted by Gasteiger charge is 2.32. The van der Waals surface area contributed by atoms with Gasteiger partial charge in [0, 0.05) is 52.2 Å². The Kier molecular flexibility index (Phi) is 4.24. The summed E-state index contributed by atoms with van der Waals surface area (Å²) in [5.41, 5.74) is 2.89. The number of benzene rings is 2. The quantitative estimate of drug-likeness (QED) is 0.503. The lowest BCUT2D eigenvalue weighted by Gasteiger charge is -2.28. The van der Waals surface area contributed by atoms with E-state index in [2.05, 4.69) is 20.9 Å². The molecule has 1 amide bonds. The fourth-order valence-electron chi connectivity index (χ4n) is 3.59. The van der Waals surface area contributed by atoms with Crippen molar-refractivity contribution in [2.45, 2.75) is 18.9 Å². The van der Waals surface area contributed by atoms with Gasteiger partial charge < -0.3 is 9.88 Å². The number of hydrogen-bond donors (Lipinski definition) is 1. The van der Waals surface area contributed by atoms with Crippen LogP contribution in [0.3, 0.4) is 0 Å². The number of non-ortho nitro benzene ring substituents is 1. The topological polar surface area (TPSA) is 79.2 Å². The molecule has 0 saturated carbocycles. The van der Waals surface area contributed by atoms with Crippen LogP contribution in [0.1, 0.15) is 30.0 Å². The predicted molar refractivity (Wildman–Crippen MR) is 102 cm³/mol. The first-order chi connectivity index (χ1) is 12.5. The Morgan fingerprint density at radius 2 is 1.96 bits per heavy atom. The summed E-state index contributed by atoms with van der Waals surface area (Å²) in [6, 6.07) is 12.2. The summed E-state index contributed by atoms with van der Waals surface area (Å²) in [4.78, 5) is 28.1. The van der Waals surface area contributed by atoms with Crippen molar-refractivity contribution in [1.82, 2.24) is 9.88 Å². The third kappa shape index (κ3) is 2.88. The Morgan fingerprint density at radius 3 is 2.62 bits per heavy atom. The minimum Gasteiger partial charge on any atom is -0.361 e. The lowest BCUT2D eigenvalue weighted by molar-refractivity contribution is -0.384. The minimum absolute atomic E-state index is 0.0434. The number of amides is 1. The van der Waals surface area contributed by atoms with Gasteiger partial charge in [-0.25, -0.2) is 0 Å². The summed E-state index contributed by atoms with van der Waals surface area (Å²) in [5.74, 6) is 0.109. The normalized spacial score (nSPS) is 15.6. The van der Waals surface area contributed by atoms with Gasteiger partial charge in [-0.1, -0.05) is 15.9 Å². The van der Waals surface area contributed by atoms with Crippen molar-refractivity contribution in [2.24, 2.45) is 0 Å². The van der Waals surface area contributed by atoms with E-state index in [4.69, 9.17) is 0 Å². The minimum atomic E-state index is -0.414. The van der Waals surface area contributed by atoms with Gasteiger partial charge in [0.15, 0.2) is 0 Å². The molecule has 1 saturated heterocycles. The van der Waals surface area contributed by atoms with Gasteiger partial charge in [0.25, 0.3) is 5.69 Å². The maximum atomic E-state index is 12.5. The second-order valence-electron chi connectivity index (χ2n) is 6.38. The third-order valence-corrected chi connectivity index (χ3v) is 5.30. The zero-order chi connectivity index (χ0) is 18.3. The molecule has 132 valence electrons. The summed E-state index contributed by atoms with van der Waals surface area (Å²) in [6.45, 7) is 0.682. The van der Waals surface area contributed by atoms with Crippen molar-refractivity contribution in [3.05, 3.63) is 74.4 Å². The monoisotopic (exact) mass is 413 g/mol. The van der Waals surface area contributed by atoms with Crippen LogP contribution in [0.4, 0.5) is 5.69 Å². The molecule has 0 spiro atoms. The van der Waals surface area contributed by atoms with E-state index in [9.17, 15) is 14.9 Å². The predicted octanol–water partition coefficient (Wildman–Crippen LogP) is 4.55. The molecule has 2 heterocycles. The van der Waals surface area contributed by atoms with Gasteiger partial charge in [0.2, 0.25) is 5.91 Å². The Balaban J connectivity index is 1.86. The average Bonchev–Trinajstić information content (AvgIpc) is 3.23. The highest BCUT2D eigenvalue weighted by atomic mass is 79.9. The molecule has 6 nitrogen and oxygen atoms in total. The lowest BCUT2D eigenvalue weighted by atomic mass is 9.96. The molecular formula is C19H16BrN3O3. The fraction of sp³-hybridized carbons (Fsp3) is 0.211. The van der Waals surface area contributed by atoms with E-state index < -0.39 is 4.92 Å². The van der Waals surface area contributed by atoms with Crippen molar-refractivity contribution in [1.29, 1.82) is 0 Å². The highest BCUT2D eigenvalue weighted by Crippen LogP contribution is 2.37. The van der Waals surface area contributed by atoms with E-state index in [1.165, 1.54) is 12.1 Å². The molecule has 1 aromatic heterocycles. The zero-order valence-electron chi connectivity index (χ0n) is 13.8. The Hall–Kier alpha value is -2.67. The van der Waals surface area contributed by atoms with Crippen LogP contribution in [0.25, 0.3) is 10.9 Å². The SMILES string of the molecule is O=C1CCCN1C(c1ccc([N+](=O)[O-])cc1)c1c[nH]c2ccc(Br)cc12. The van der Waals surface area contributed by atoms with Gasteiger partial charge in [0.05, 0.1) is 11.0 Å². The third-order valence-electron chi connectivity index (χ3n) is 4.81. The number of fused-ring (bicyclic) bond motifs is 1. The molecule has 26 heavy (non-hydrogen) atoms. The van der Waals surface area contributed by atoms with E-state index in [1.807, 2.05) is 29.3 Å². The number of hydrogen-bond acceptors (Lipinski definition) is 3. The molecule has 0 aliphatic carbocycles. The van der Waals surface area contributed by atoms with Crippen molar-refractivity contribution in [3.63, 3.8) is 0 Å². The first-order valence-corrected chi connectivity index (χ1v) is 9.14. The van der Waals surface area contributed by atoms with Gasteiger partial charge in [0.1, 0.15) is 0 Å². The number of rotatable bonds is 4. The van der Waals surface area contributed by atoms with Gasteiger partial charge in [-0.3, -0.25) is 14.9 Å². The molecular weight excluding hydrogens is 398 g/mol. The maximum absolute atomic E-state index is 12.5. The molecule has 4 rings (SSSR count).